The van der Waals surface area contributed by atoms with Crippen LogP contribution >= 0.6 is 0 Å². The first-order valence-electron chi connectivity index (χ1n) is 7.80. The number of amides is 1. The number of ether oxygens (including phenoxy) is 1. The number of nitrogens with zero attached hydrogens (tertiary/aromatic N) is 2. The van der Waals surface area contributed by atoms with Crippen molar-refractivity contribution < 1.29 is 9.53 Å². The van der Waals surface area contributed by atoms with Crippen LogP contribution in [0.5, 0.6) is 0 Å². The summed E-state index contributed by atoms with van der Waals surface area (Å²) >= 11 is 0. The number of carbonyl (C=O) groups is 1. The first-order chi connectivity index (χ1) is 10.7. The topological polar surface area (TPSA) is 46.5 Å². The predicted molar refractivity (Wildman–Crippen MR) is 87.2 cm³/mol. The molecule has 0 aliphatic carbocycles. The van der Waals surface area contributed by atoms with Gasteiger partial charge in [0.25, 0.3) is 5.91 Å². The number of hydrogen-bond acceptors (Lipinski definition) is 3. The Morgan fingerprint density at radius 2 is 2.09 bits per heavy atom. The van der Waals surface area contributed by atoms with Crippen LogP contribution in [0.3, 0.4) is 0 Å². The van der Waals surface area contributed by atoms with Crippen LogP contribution in [0.25, 0.3) is 10.9 Å². The van der Waals surface area contributed by atoms with E-state index >= 15 is 0 Å². The molecule has 5 heteroatoms. The van der Waals surface area contributed by atoms with Crippen LogP contribution in [0.1, 0.15) is 16.1 Å². The highest BCUT2D eigenvalue weighted by Crippen LogP contribution is 2.21. The molecule has 118 valence electrons. The van der Waals surface area contributed by atoms with E-state index in [2.05, 4.69) is 23.2 Å². The molecule has 1 N–H and O–H groups in total. The highest BCUT2D eigenvalue weighted by Gasteiger charge is 2.15. The molecule has 1 fully saturated rings. The van der Waals surface area contributed by atoms with Crippen molar-refractivity contribution in [3.8, 4) is 0 Å². The average molecular weight is 301 g/mol. The summed E-state index contributed by atoms with van der Waals surface area (Å²) in [6, 6.07) is 8.13. The van der Waals surface area contributed by atoms with Gasteiger partial charge in [0, 0.05) is 44.1 Å². The minimum absolute atomic E-state index is 0.00800. The van der Waals surface area contributed by atoms with Crippen molar-refractivity contribution in [1.29, 1.82) is 0 Å². The lowest BCUT2D eigenvalue weighted by Gasteiger charge is -2.26. The normalized spacial score (nSPS) is 16.1. The van der Waals surface area contributed by atoms with E-state index in [4.69, 9.17) is 4.74 Å². The summed E-state index contributed by atoms with van der Waals surface area (Å²) in [4.78, 5) is 14.7. The predicted octanol–water partition coefficient (Wildman–Crippen LogP) is 1.55. The molecule has 0 unspecified atom stereocenters. The number of morpholine rings is 1. The summed E-state index contributed by atoms with van der Waals surface area (Å²) in [6.45, 7) is 7.08. The van der Waals surface area contributed by atoms with Gasteiger partial charge in [-0.2, -0.15) is 0 Å². The number of aryl methyl sites for hydroxylation is 2. The number of benzene rings is 1. The van der Waals surface area contributed by atoms with Gasteiger partial charge in [-0.25, -0.2) is 0 Å². The van der Waals surface area contributed by atoms with Gasteiger partial charge in [-0.05, 0) is 24.6 Å². The van der Waals surface area contributed by atoms with Crippen molar-refractivity contribution in [3.05, 3.63) is 35.5 Å². The van der Waals surface area contributed by atoms with E-state index in [1.165, 1.54) is 5.56 Å². The second kappa shape index (κ2) is 6.50. The Bertz CT molecular complexity index is 672. The van der Waals surface area contributed by atoms with Gasteiger partial charge in [0.05, 0.1) is 13.2 Å². The molecule has 3 rings (SSSR count). The quantitative estimate of drug-likeness (QED) is 0.932. The van der Waals surface area contributed by atoms with Crippen molar-refractivity contribution in [1.82, 2.24) is 14.8 Å². The van der Waals surface area contributed by atoms with Crippen molar-refractivity contribution in [2.45, 2.75) is 6.92 Å². The lowest BCUT2D eigenvalue weighted by molar-refractivity contribution is 0.0383. The highest BCUT2D eigenvalue weighted by molar-refractivity contribution is 5.99. The zero-order valence-electron chi connectivity index (χ0n) is 13.3. The van der Waals surface area contributed by atoms with E-state index in [0.717, 1.165) is 43.8 Å². The fraction of sp³-hybridized carbons (Fsp3) is 0.471. The Hall–Kier alpha value is -1.85. The van der Waals surface area contributed by atoms with Gasteiger partial charge in [0.2, 0.25) is 0 Å². The Kier molecular flexibility index (Phi) is 4.45. The summed E-state index contributed by atoms with van der Waals surface area (Å²) < 4.78 is 7.29. The monoisotopic (exact) mass is 301 g/mol. The Labute approximate surface area is 130 Å². The third kappa shape index (κ3) is 3.00. The minimum Gasteiger partial charge on any atom is -0.379 e. The third-order valence-electron chi connectivity index (χ3n) is 4.35. The fourth-order valence-corrected chi connectivity index (χ4v) is 2.97. The smallest absolute Gasteiger partial charge is 0.267 e. The standard InChI is InChI=1S/C17H23N3O2/c1-13-4-3-5-15-14(13)12-16(19(15)2)17(21)18-6-7-20-8-10-22-11-9-20/h3-5,12H,6-11H2,1-2H3,(H,18,21). The number of hydrogen-bond donors (Lipinski definition) is 1. The lowest BCUT2D eigenvalue weighted by Crippen LogP contribution is -2.41. The van der Waals surface area contributed by atoms with E-state index in [9.17, 15) is 4.79 Å². The van der Waals surface area contributed by atoms with Gasteiger partial charge >= 0.3 is 0 Å². The summed E-state index contributed by atoms with van der Waals surface area (Å²) in [7, 11) is 1.94. The van der Waals surface area contributed by atoms with Crippen molar-refractivity contribution in [2.24, 2.45) is 7.05 Å². The number of aromatic nitrogens is 1. The molecule has 2 heterocycles. The molecule has 1 amide bonds. The minimum atomic E-state index is -0.00800. The van der Waals surface area contributed by atoms with Crippen LogP contribution in [0, 0.1) is 6.92 Å². The first-order valence-corrected chi connectivity index (χ1v) is 7.80. The second-order valence-corrected chi connectivity index (χ2v) is 5.81. The van der Waals surface area contributed by atoms with Gasteiger partial charge in [-0.3, -0.25) is 9.69 Å². The zero-order chi connectivity index (χ0) is 15.5. The molecule has 1 aliphatic rings. The molecule has 1 aromatic carbocycles. The number of nitrogens with one attached hydrogen (secondary N) is 1. The molecule has 2 aromatic rings. The maximum atomic E-state index is 12.4. The SMILES string of the molecule is Cc1cccc2c1cc(C(=O)NCCN1CCOCC1)n2C. The molecular weight excluding hydrogens is 278 g/mol. The molecule has 0 atom stereocenters. The molecule has 1 aliphatic heterocycles. The largest absolute Gasteiger partial charge is 0.379 e. The maximum absolute atomic E-state index is 12.4. The van der Waals surface area contributed by atoms with Crippen LogP contribution in [0.2, 0.25) is 0 Å². The molecule has 0 bridgehead atoms. The molecule has 0 radical (unpaired) electrons. The fourth-order valence-electron chi connectivity index (χ4n) is 2.97. The van der Waals surface area contributed by atoms with E-state index in [0.29, 0.717) is 12.2 Å². The summed E-state index contributed by atoms with van der Waals surface area (Å²) in [6.07, 6.45) is 0. The van der Waals surface area contributed by atoms with Gasteiger partial charge in [0.15, 0.2) is 0 Å². The van der Waals surface area contributed by atoms with Gasteiger partial charge < -0.3 is 14.6 Å². The van der Waals surface area contributed by atoms with Gasteiger partial charge in [0.1, 0.15) is 5.69 Å². The van der Waals surface area contributed by atoms with Crippen molar-refractivity contribution in [2.75, 3.05) is 39.4 Å². The molecule has 0 saturated carbocycles. The van der Waals surface area contributed by atoms with Gasteiger partial charge in [-0.15, -0.1) is 0 Å². The third-order valence-corrected chi connectivity index (χ3v) is 4.35. The van der Waals surface area contributed by atoms with Crippen molar-refractivity contribution >= 4 is 16.8 Å². The van der Waals surface area contributed by atoms with E-state index < -0.39 is 0 Å². The summed E-state index contributed by atoms with van der Waals surface area (Å²) in [5.74, 6) is -0.00800. The summed E-state index contributed by atoms with van der Waals surface area (Å²) in [5, 5.41) is 4.17. The Morgan fingerprint density at radius 1 is 1.32 bits per heavy atom. The van der Waals surface area contributed by atoms with Gasteiger partial charge in [-0.1, -0.05) is 12.1 Å². The van der Waals surface area contributed by atoms with Crippen LogP contribution in [-0.4, -0.2) is 54.8 Å². The number of rotatable bonds is 4. The number of carbonyl (C=O) groups excluding carboxylic acids is 1. The van der Waals surface area contributed by atoms with E-state index in [1.807, 2.05) is 29.8 Å². The molecule has 22 heavy (non-hydrogen) atoms. The van der Waals surface area contributed by atoms with Crippen LogP contribution < -0.4 is 5.32 Å². The average Bonchev–Trinajstić information content (AvgIpc) is 2.87. The van der Waals surface area contributed by atoms with Crippen LogP contribution in [-0.2, 0) is 11.8 Å². The molecular formula is C17H23N3O2. The van der Waals surface area contributed by atoms with E-state index in [1.54, 1.807) is 0 Å². The van der Waals surface area contributed by atoms with Crippen molar-refractivity contribution in [3.63, 3.8) is 0 Å². The van der Waals surface area contributed by atoms with Crippen LogP contribution in [0.15, 0.2) is 24.3 Å². The molecule has 5 nitrogen and oxygen atoms in total. The molecule has 0 spiro atoms. The van der Waals surface area contributed by atoms with Crippen LogP contribution in [0.4, 0.5) is 0 Å². The Morgan fingerprint density at radius 3 is 2.82 bits per heavy atom. The summed E-state index contributed by atoms with van der Waals surface area (Å²) in [5.41, 5.74) is 3.00. The second-order valence-electron chi connectivity index (χ2n) is 5.81. The first kappa shape index (κ1) is 15.1. The molecule has 1 aromatic heterocycles. The zero-order valence-corrected chi connectivity index (χ0v) is 13.3. The molecule has 1 saturated heterocycles. The van der Waals surface area contributed by atoms with E-state index in [-0.39, 0.29) is 5.91 Å². The highest BCUT2D eigenvalue weighted by atomic mass is 16.5. The Balaban J connectivity index is 1.64. The maximum Gasteiger partial charge on any atom is 0.267 e. The number of fused-ring (bicyclic) bond motifs is 1. The lowest BCUT2D eigenvalue weighted by atomic mass is 10.1.